The van der Waals surface area contributed by atoms with E-state index in [0.717, 1.165) is 55.6 Å². The van der Waals surface area contributed by atoms with Gasteiger partial charge in [-0.1, -0.05) is 30.3 Å². The zero-order chi connectivity index (χ0) is 20.8. The Morgan fingerprint density at radius 3 is 2.48 bits per heavy atom. The summed E-state index contributed by atoms with van der Waals surface area (Å²) in [5, 5.41) is 9.74. The van der Waals surface area contributed by atoms with Crippen molar-refractivity contribution in [1.82, 2.24) is 25.1 Å². The number of aromatic nitrogens is 5. The average Bonchev–Trinajstić information content (AvgIpc) is 3.43. The molecule has 148 valence electrons. The average molecular weight is 405 g/mol. The minimum absolute atomic E-state index is 0.243. The van der Waals surface area contributed by atoms with Crippen LogP contribution in [0.5, 0.6) is 0 Å². The van der Waals surface area contributed by atoms with Crippen molar-refractivity contribution in [3.8, 4) is 33.8 Å². The number of nitrogens with one attached hydrogen (secondary N) is 2. The first-order valence-corrected chi connectivity index (χ1v) is 9.89. The zero-order valence-electron chi connectivity index (χ0n) is 16.3. The third kappa shape index (κ3) is 2.97. The molecule has 6 heteroatoms. The van der Waals surface area contributed by atoms with Crippen LogP contribution in [0.2, 0.25) is 0 Å². The smallest absolute Gasteiger partial charge is 0.123 e. The predicted molar refractivity (Wildman–Crippen MR) is 120 cm³/mol. The maximum Gasteiger partial charge on any atom is 0.123 e. The second-order valence-electron chi connectivity index (χ2n) is 7.38. The summed E-state index contributed by atoms with van der Waals surface area (Å²) >= 11 is 0. The molecule has 0 aliphatic rings. The van der Waals surface area contributed by atoms with Gasteiger partial charge in [0.2, 0.25) is 0 Å². The lowest BCUT2D eigenvalue weighted by Gasteiger charge is -2.03. The molecule has 3 heterocycles. The van der Waals surface area contributed by atoms with E-state index in [2.05, 4.69) is 37.3 Å². The van der Waals surface area contributed by atoms with E-state index in [1.807, 2.05) is 30.3 Å². The number of hydrogen-bond acceptors (Lipinski definition) is 3. The van der Waals surface area contributed by atoms with E-state index in [-0.39, 0.29) is 5.82 Å². The second kappa shape index (κ2) is 6.88. The van der Waals surface area contributed by atoms with Gasteiger partial charge in [-0.15, -0.1) is 0 Å². The molecular weight excluding hydrogens is 389 g/mol. The highest BCUT2D eigenvalue weighted by Crippen LogP contribution is 2.35. The molecule has 31 heavy (non-hydrogen) atoms. The van der Waals surface area contributed by atoms with Gasteiger partial charge in [-0.2, -0.15) is 5.10 Å². The number of aromatic amines is 2. The summed E-state index contributed by atoms with van der Waals surface area (Å²) in [5.41, 5.74) is 7.49. The van der Waals surface area contributed by atoms with Crippen LogP contribution in [0.25, 0.3) is 55.6 Å². The summed E-state index contributed by atoms with van der Waals surface area (Å²) in [7, 11) is 0. The Labute approximate surface area is 176 Å². The van der Waals surface area contributed by atoms with E-state index in [0.29, 0.717) is 0 Å². The van der Waals surface area contributed by atoms with Crippen LogP contribution in [0.15, 0.2) is 85.3 Å². The van der Waals surface area contributed by atoms with Gasteiger partial charge in [0.15, 0.2) is 0 Å². The molecule has 0 unspecified atom stereocenters. The van der Waals surface area contributed by atoms with Crippen LogP contribution in [0.3, 0.4) is 0 Å². The van der Waals surface area contributed by atoms with E-state index in [4.69, 9.17) is 0 Å². The van der Waals surface area contributed by atoms with Gasteiger partial charge >= 0.3 is 0 Å². The molecule has 6 rings (SSSR count). The SMILES string of the molecule is Fc1ccc(-c2cccc3[nH]c(-c4n[nH]c5ccc(-c6cnccn6)cc45)cc23)cc1. The highest BCUT2D eigenvalue weighted by atomic mass is 19.1. The molecular formula is C25H16FN5. The van der Waals surface area contributed by atoms with Gasteiger partial charge in [-0.05, 0) is 47.5 Å². The fraction of sp³-hybridized carbons (Fsp3) is 0. The summed E-state index contributed by atoms with van der Waals surface area (Å²) in [6, 6.07) is 20.8. The van der Waals surface area contributed by atoms with E-state index in [1.165, 1.54) is 12.1 Å². The molecule has 0 aliphatic heterocycles. The first kappa shape index (κ1) is 17.5. The Bertz CT molecular complexity index is 1530. The fourth-order valence-electron chi connectivity index (χ4n) is 3.99. The number of halogens is 1. The zero-order valence-corrected chi connectivity index (χ0v) is 16.3. The van der Waals surface area contributed by atoms with Crippen LogP contribution in [0.4, 0.5) is 4.39 Å². The third-order valence-electron chi connectivity index (χ3n) is 5.50. The molecule has 0 amide bonds. The highest BCUT2D eigenvalue weighted by Gasteiger charge is 2.14. The number of benzene rings is 3. The van der Waals surface area contributed by atoms with Crippen molar-refractivity contribution in [1.29, 1.82) is 0 Å². The Morgan fingerprint density at radius 1 is 0.774 bits per heavy atom. The van der Waals surface area contributed by atoms with Gasteiger partial charge in [0.1, 0.15) is 11.5 Å². The molecule has 0 fully saturated rings. The second-order valence-corrected chi connectivity index (χ2v) is 7.38. The van der Waals surface area contributed by atoms with Gasteiger partial charge < -0.3 is 4.98 Å². The molecule has 0 aliphatic carbocycles. The monoisotopic (exact) mass is 405 g/mol. The lowest BCUT2D eigenvalue weighted by atomic mass is 10.0. The van der Waals surface area contributed by atoms with Crippen molar-refractivity contribution in [2.75, 3.05) is 0 Å². The molecule has 6 aromatic rings. The van der Waals surface area contributed by atoms with Gasteiger partial charge in [0.05, 0.1) is 23.1 Å². The van der Waals surface area contributed by atoms with Crippen molar-refractivity contribution in [3.05, 3.63) is 91.1 Å². The first-order chi connectivity index (χ1) is 15.3. The van der Waals surface area contributed by atoms with Crippen molar-refractivity contribution >= 4 is 21.8 Å². The molecule has 0 saturated carbocycles. The van der Waals surface area contributed by atoms with E-state index >= 15 is 0 Å². The Balaban J connectivity index is 1.51. The van der Waals surface area contributed by atoms with Crippen LogP contribution in [0, 0.1) is 5.82 Å². The number of hydrogen-bond donors (Lipinski definition) is 2. The number of nitrogens with zero attached hydrogens (tertiary/aromatic N) is 3. The number of H-pyrrole nitrogens is 2. The topological polar surface area (TPSA) is 70.2 Å². The fourth-order valence-corrected chi connectivity index (χ4v) is 3.99. The summed E-state index contributed by atoms with van der Waals surface area (Å²) in [6.45, 7) is 0. The van der Waals surface area contributed by atoms with Crippen LogP contribution < -0.4 is 0 Å². The van der Waals surface area contributed by atoms with Crippen LogP contribution in [-0.4, -0.2) is 25.1 Å². The molecule has 5 nitrogen and oxygen atoms in total. The van der Waals surface area contributed by atoms with Crippen molar-refractivity contribution < 1.29 is 4.39 Å². The normalized spacial score (nSPS) is 11.4. The third-order valence-corrected chi connectivity index (χ3v) is 5.50. The Morgan fingerprint density at radius 2 is 1.65 bits per heavy atom. The predicted octanol–water partition coefficient (Wildman–Crippen LogP) is 5.97. The summed E-state index contributed by atoms with van der Waals surface area (Å²) < 4.78 is 13.4. The van der Waals surface area contributed by atoms with Crippen LogP contribution >= 0.6 is 0 Å². The lowest BCUT2D eigenvalue weighted by Crippen LogP contribution is -1.84. The summed E-state index contributed by atoms with van der Waals surface area (Å²) in [4.78, 5) is 12.1. The lowest BCUT2D eigenvalue weighted by molar-refractivity contribution is 0.628. The first-order valence-electron chi connectivity index (χ1n) is 9.89. The van der Waals surface area contributed by atoms with Gasteiger partial charge in [-0.25, -0.2) is 4.39 Å². The largest absolute Gasteiger partial charge is 0.353 e. The Hall–Kier alpha value is -4.32. The van der Waals surface area contributed by atoms with Gasteiger partial charge in [-0.3, -0.25) is 15.1 Å². The maximum absolute atomic E-state index is 13.4. The number of fused-ring (bicyclic) bond motifs is 2. The standard InChI is InChI=1S/C25H16FN5/c26-17-7-4-15(5-8-17)18-2-1-3-21-19(18)13-23(29-21)25-20-12-16(6-9-22(20)30-31-25)24-14-27-10-11-28-24/h1-14,29H,(H,30,31). The molecule has 3 aromatic carbocycles. The quantitative estimate of drug-likeness (QED) is 0.381. The van der Waals surface area contributed by atoms with Gasteiger partial charge in [0.25, 0.3) is 0 Å². The van der Waals surface area contributed by atoms with Crippen LogP contribution in [-0.2, 0) is 0 Å². The molecule has 0 bridgehead atoms. The Kier molecular flexibility index (Phi) is 3.89. The van der Waals surface area contributed by atoms with Crippen molar-refractivity contribution in [3.63, 3.8) is 0 Å². The minimum Gasteiger partial charge on any atom is -0.353 e. The maximum atomic E-state index is 13.4. The number of rotatable bonds is 3. The van der Waals surface area contributed by atoms with Crippen molar-refractivity contribution in [2.24, 2.45) is 0 Å². The summed E-state index contributed by atoms with van der Waals surface area (Å²) in [6.07, 6.45) is 5.10. The van der Waals surface area contributed by atoms with E-state index in [9.17, 15) is 4.39 Å². The van der Waals surface area contributed by atoms with Gasteiger partial charge in [0, 0.05) is 34.2 Å². The van der Waals surface area contributed by atoms with Crippen LogP contribution in [0.1, 0.15) is 0 Å². The summed E-state index contributed by atoms with van der Waals surface area (Å²) in [5.74, 6) is -0.243. The van der Waals surface area contributed by atoms with E-state index in [1.54, 1.807) is 30.7 Å². The van der Waals surface area contributed by atoms with Crippen molar-refractivity contribution in [2.45, 2.75) is 0 Å². The highest BCUT2D eigenvalue weighted by molar-refractivity contribution is 6.01. The molecule has 0 atom stereocenters. The molecule has 2 N–H and O–H groups in total. The van der Waals surface area contributed by atoms with E-state index < -0.39 is 0 Å². The minimum atomic E-state index is -0.243. The molecule has 3 aromatic heterocycles. The molecule has 0 saturated heterocycles. The molecule has 0 radical (unpaired) electrons. The molecule has 0 spiro atoms.